The van der Waals surface area contributed by atoms with Crippen LogP contribution in [0.25, 0.3) is 16.9 Å². The summed E-state index contributed by atoms with van der Waals surface area (Å²) in [6.07, 6.45) is 8.96. The summed E-state index contributed by atoms with van der Waals surface area (Å²) in [4.78, 5) is 21.2. The van der Waals surface area contributed by atoms with Crippen molar-refractivity contribution in [3.05, 3.63) is 71.9 Å². The summed E-state index contributed by atoms with van der Waals surface area (Å²) >= 11 is 0. The molecule has 2 atom stereocenters. The minimum atomic E-state index is -0.539. The Morgan fingerprint density at radius 3 is 2.65 bits per heavy atom. The van der Waals surface area contributed by atoms with Crippen LogP contribution in [0.2, 0.25) is 0 Å². The van der Waals surface area contributed by atoms with Gasteiger partial charge >= 0.3 is 0 Å². The summed E-state index contributed by atoms with van der Waals surface area (Å²) in [6, 6.07) is 5.64. The first-order valence-electron chi connectivity index (χ1n) is 12.8. The lowest BCUT2D eigenvalue weighted by Gasteiger charge is -2.31. The fourth-order valence-corrected chi connectivity index (χ4v) is 6.10. The number of fused-ring (bicyclic) bond motifs is 2. The van der Waals surface area contributed by atoms with Crippen LogP contribution in [0.15, 0.2) is 49.1 Å². The maximum absolute atomic E-state index is 14.8. The average molecular weight is 503 g/mol. The van der Waals surface area contributed by atoms with Gasteiger partial charge in [-0.25, -0.2) is 18.3 Å². The molecule has 1 saturated carbocycles. The van der Waals surface area contributed by atoms with E-state index in [9.17, 15) is 8.78 Å². The largest absolute Gasteiger partial charge is 0.346 e. The number of hydrogen-bond acceptors (Lipinski definition) is 7. The van der Waals surface area contributed by atoms with Crippen molar-refractivity contribution in [1.82, 2.24) is 34.4 Å². The Labute approximate surface area is 213 Å². The predicted molar refractivity (Wildman–Crippen MR) is 135 cm³/mol. The number of aromatic nitrogens is 5. The van der Waals surface area contributed by atoms with Crippen molar-refractivity contribution in [2.24, 2.45) is 5.92 Å². The molecule has 5 heterocycles. The summed E-state index contributed by atoms with van der Waals surface area (Å²) in [7, 11) is 2.15. The molecule has 4 aromatic rings. The van der Waals surface area contributed by atoms with Crippen LogP contribution in [0, 0.1) is 17.6 Å². The Morgan fingerprint density at radius 2 is 1.86 bits per heavy atom. The Bertz CT molecular complexity index is 1460. The highest BCUT2D eigenvalue weighted by atomic mass is 19.1. The quantitative estimate of drug-likeness (QED) is 0.415. The number of benzene rings is 1. The van der Waals surface area contributed by atoms with E-state index in [2.05, 4.69) is 36.8 Å². The van der Waals surface area contributed by atoms with E-state index in [1.165, 1.54) is 18.2 Å². The van der Waals surface area contributed by atoms with E-state index in [-0.39, 0.29) is 5.82 Å². The molecule has 3 aromatic heterocycles. The zero-order valence-corrected chi connectivity index (χ0v) is 20.7. The predicted octanol–water partition coefficient (Wildman–Crippen LogP) is 3.34. The third kappa shape index (κ3) is 3.77. The third-order valence-electron chi connectivity index (χ3n) is 8.24. The summed E-state index contributed by atoms with van der Waals surface area (Å²) in [5.74, 6) is 0.246. The Kier molecular flexibility index (Phi) is 5.23. The number of likely N-dealkylation sites (N-methyl/N-ethyl adjacent to an activating group) is 1. The highest BCUT2D eigenvalue weighted by molar-refractivity contribution is 5.75. The number of piperazine rings is 1. The van der Waals surface area contributed by atoms with Crippen molar-refractivity contribution in [2.45, 2.75) is 24.9 Å². The maximum atomic E-state index is 14.8. The van der Waals surface area contributed by atoms with E-state index in [1.807, 2.05) is 18.5 Å². The van der Waals surface area contributed by atoms with Crippen molar-refractivity contribution in [2.75, 3.05) is 44.7 Å². The van der Waals surface area contributed by atoms with Gasteiger partial charge in [-0.05, 0) is 50.1 Å². The Balaban J connectivity index is 1.18. The number of hydrogen-bond donors (Lipinski definition) is 0. The summed E-state index contributed by atoms with van der Waals surface area (Å²) < 4.78 is 30.6. The second kappa shape index (κ2) is 8.53. The van der Waals surface area contributed by atoms with Gasteiger partial charge in [-0.3, -0.25) is 14.9 Å². The van der Waals surface area contributed by atoms with Crippen LogP contribution in [0.1, 0.15) is 24.1 Å². The monoisotopic (exact) mass is 502 g/mol. The lowest BCUT2D eigenvalue weighted by Crippen LogP contribution is -2.44. The van der Waals surface area contributed by atoms with Gasteiger partial charge in [-0.2, -0.15) is 5.10 Å². The number of piperidine rings is 1. The first-order chi connectivity index (χ1) is 18.0. The van der Waals surface area contributed by atoms with Crippen LogP contribution in [-0.2, 0) is 12.1 Å². The normalized spacial score (nSPS) is 24.1. The summed E-state index contributed by atoms with van der Waals surface area (Å²) in [5.41, 5.74) is 2.98. The van der Waals surface area contributed by atoms with Gasteiger partial charge in [0.1, 0.15) is 17.5 Å². The SMILES string of the molecule is CN1CCN(Cc2cnc(-c3cnn4ccc(N5CC[C@H]6C[C@]65c5cc(F)ccc5F)nc34)cn2)CC1. The maximum Gasteiger partial charge on any atom is 0.166 e. The second-order valence-electron chi connectivity index (χ2n) is 10.5. The molecule has 0 unspecified atom stereocenters. The van der Waals surface area contributed by atoms with Gasteiger partial charge < -0.3 is 9.80 Å². The van der Waals surface area contributed by atoms with Crippen LogP contribution in [0.5, 0.6) is 0 Å². The van der Waals surface area contributed by atoms with Crippen LogP contribution < -0.4 is 4.90 Å². The molecule has 1 aromatic carbocycles. The molecule has 7 rings (SSSR count). The number of anilines is 1. The first-order valence-corrected chi connectivity index (χ1v) is 12.8. The van der Waals surface area contributed by atoms with E-state index in [0.717, 1.165) is 69.2 Å². The molecular formula is C27H28F2N8. The summed E-state index contributed by atoms with van der Waals surface area (Å²) in [5, 5.41) is 4.46. The van der Waals surface area contributed by atoms with Crippen LogP contribution >= 0.6 is 0 Å². The molecule has 3 aliphatic rings. The van der Waals surface area contributed by atoms with E-state index in [0.29, 0.717) is 22.8 Å². The molecule has 2 saturated heterocycles. The number of rotatable bonds is 5. The van der Waals surface area contributed by atoms with Gasteiger partial charge in [0.2, 0.25) is 0 Å². The van der Waals surface area contributed by atoms with E-state index in [4.69, 9.17) is 4.98 Å². The number of nitrogens with zero attached hydrogens (tertiary/aromatic N) is 8. The minimum absolute atomic E-state index is 0.296. The van der Waals surface area contributed by atoms with Gasteiger partial charge in [0.15, 0.2) is 5.65 Å². The molecule has 8 nitrogen and oxygen atoms in total. The highest BCUT2D eigenvalue weighted by Gasteiger charge is 2.64. The van der Waals surface area contributed by atoms with Crippen LogP contribution in [-0.4, -0.2) is 74.1 Å². The zero-order chi connectivity index (χ0) is 25.1. The Morgan fingerprint density at radius 1 is 1.00 bits per heavy atom. The molecule has 10 heteroatoms. The highest BCUT2D eigenvalue weighted by Crippen LogP contribution is 2.63. The Hall–Kier alpha value is -3.50. The standard InChI is InChI=1S/C27H28F2N8/c1-34-8-10-35(11-9-34)17-20-14-31-24(16-30-20)21-15-32-37-7-5-25(33-26(21)37)36-6-4-18-13-27(18,36)22-12-19(28)2-3-23(22)29/h2-3,5,7,12,14-16,18H,4,6,8-11,13,17H2,1H3/t18-,27+/m0/s1. The third-order valence-corrected chi connectivity index (χ3v) is 8.24. The molecule has 190 valence electrons. The lowest BCUT2D eigenvalue weighted by atomic mass is 10.0. The van der Waals surface area contributed by atoms with Crippen molar-refractivity contribution >= 4 is 11.5 Å². The second-order valence-corrected chi connectivity index (χ2v) is 10.5. The van der Waals surface area contributed by atoms with E-state index in [1.54, 1.807) is 16.9 Å². The molecule has 3 fully saturated rings. The molecular weight excluding hydrogens is 474 g/mol. The molecule has 0 spiro atoms. The lowest BCUT2D eigenvalue weighted by molar-refractivity contribution is 0.147. The fraction of sp³-hybridized carbons (Fsp3) is 0.407. The van der Waals surface area contributed by atoms with Gasteiger partial charge in [0.05, 0.1) is 41.1 Å². The minimum Gasteiger partial charge on any atom is -0.346 e. The van der Waals surface area contributed by atoms with Crippen LogP contribution in [0.3, 0.4) is 0 Å². The molecule has 0 N–H and O–H groups in total. The molecule has 0 bridgehead atoms. The van der Waals surface area contributed by atoms with Crippen molar-refractivity contribution in [3.8, 4) is 11.3 Å². The van der Waals surface area contributed by atoms with Crippen LogP contribution in [0.4, 0.5) is 14.6 Å². The summed E-state index contributed by atoms with van der Waals surface area (Å²) in [6.45, 7) is 5.71. The van der Waals surface area contributed by atoms with Crippen molar-refractivity contribution in [3.63, 3.8) is 0 Å². The van der Waals surface area contributed by atoms with Gasteiger partial charge in [-0.15, -0.1) is 0 Å². The van der Waals surface area contributed by atoms with Crippen molar-refractivity contribution < 1.29 is 8.78 Å². The first kappa shape index (κ1) is 22.7. The molecule has 2 aliphatic heterocycles. The smallest absolute Gasteiger partial charge is 0.166 e. The molecule has 0 amide bonds. The molecule has 37 heavy (non-hydrogen) atoms. The molecule has 0 radical (unpaired) electrons. The average Bonchev–Trinajstić information content (AvgIpc) is 3.29. The molecule has 1 aliphatic carbocycles. The van der Waals surface area contributed by atoms with E-state index < -0.39 is 11.4 Å². The number of halogens is 2. The van der Waals surface area contributed by atoms with Gasteiger partial charge in [-0.1, -0.05) is 0 Å². The van der Waals surface area contributed by atoms with Gasteiger partial charge in [0, 0.05) is 51.0 Å². The zero-order valence-electron chi connectivity index (χ0n) is 20.7. The topological polar surface area (TPSA) is 65.7 Å². The fourth-order valence-electron chi connectivity index (χ4n) is 6.10. The van der Waals surface area contributed by atoms with Crippen molar-refractivity contribution in [1.29, 1.82) is 0 Å². The van der Waals surface area contributed by atoms with E-state index >= 15 is 0 Å². The van der Waals surface area contributed by atoms with Gasteiger partial charge in [0.25, 0.3) is 0 Å².